The van der Waals surface area contributed by atoms with Gasteiger partial charge in [-0.25, -0.2) is 0 Å². The molecular weight excluding hydrogens is 436 g/mol. The summed E-state index contributed by atoms with van der Waals surface area (Å²) in [5.74, 6) is 6.28. The van der Waals surface area contributed by atoms with E-state index in [9.17, 15) is 5.11 Å². The maximum absolute atomic E-state index is 10.6. The average molecular weight is 469 g/mol. The lowest BCUT2D eigenvalue weighted by Gasteiger charge is -2.38. The van der Waals surface area contributed by atoms with E-state index in [1.54, 1.807) is 0 Å². The van der Waals surface area contributed by atoms with Crippen LogP contribution in [0.25, 0.3) is 0 Å². The van der Waals surface area contributed by atoms with Crippen molar-refractivity contribution in [3.63, 3.8) is 0 Å². The number of aliphatic hydroxyl groups excluding tert-OH is 1. The molecule has 2 atom stereocenters. The van der Waals surface area contributed by atoms with Crippen LogP contribution in [0.3, 0.4) is 0 Å². The molecule has 1 heterocycles. The van der Waals surface area contributed by atoms with Gasteiger partial charge in [0.1, 0.15) is 0 Å². The summed E-state index contributed by atoms with van der Waals surface area (Å²) in [6, 6.07) is 30.4. The molecule has 0 radical (unpaired) electrons. The Labute approximate surface area is 207 Å². The zero-order valence-corrected chi connectivity index (χ0v) is 19.9. The third-order valence-corrected chi connectivity index (χ3v) is 7.11. The van der Waals surface area contributed by atoms with E-state index >= 15 is 0 Å². The van der Waals surface area contributed by atoms with Gasteiger partial charge in [0.25, 0.3) is 0 Å². The minimum Gasteiger partial charge on any atom is -0.393 e. The summed E-state index contributed by atoms with van der Waals surface area (Å²) in [6.45, 7) is 0.408. The molecule has 1 saturated carbocycles. The number of rotatable bonds is 6. The molecule has 2 unspecified atom stereocenters. The lowest BCUT2D eigenvalue weighted by molar-refractivity contribution is -0.228. The summed E-state index contributed by atoms with van der Waals surface area (Å²) in [7, 11) is 0. The van der Waals surface area contributed by atoms with Crippen molar-refractivity contribution in [2.75, 3.05) is 13.2 Å². The highest BCUT2D eigenvalue weighted by Gasteiger charge is 2.55. The van der Waals surface area contributed by atoms with Crippen LogP contribution in [0.5, 0.6) is 0 Å². The first-order valence-corrected chi connectivity index (χ1v) is 12.4. The summed E-state index contributed by atoms with van der Waals surface area (Å²) < 4.78 is 19.3. The summed E-state index contributed by atoms with van der Waals surface area (Å²) in [6.07, 6.45) is 2.89. The van der Waals surface area contributed by atoms with Crippen LogP contribution >= 0.6 is 0 Å². The van der Waals surface area contributed by atoms with Crippen LogP contribution < -0.4 is 0 Å². The zero-order chi connectivity index (χ0) is 24.0. The van der Waals surface area contributed by atoms with Crippen molar-refractivity contribution >= 4 is 0 Å². The molecule has 1 N–H and O–H groups in total. The van der Waals surface area contributed by atoms with Gasteiger partial charge in [0.05, 0.1) is 19.8 Å². The highest BCUT2D eigenvalue weighted by Crippen LogP contribution is 2.47. The van der Waals surface area contributed by atoms with Gasteiger partial charge in [-0.1, -0.05) is 90.7 Å². The molecular formula is C31H32O4. The van der Waals surface area contributed by atoms with Gasteiger partial charge in [-0.2, -0.15) is 0 Å². The van der Waals surface area contributed by atoms with Gasteiger partial charge >= 0.3 is 0 Å². The second kappa shape index (κ2) is 10.8. The van der Waals surface area contributed by atoms with Gasteiger partial charge in [-0.05, 0) is 42.0 Å². The number of hydrogen-bond donors (Lipinski definition) is 1. The molecule has 4 heteroatoms. The highest BCUT2D eigenvalue weighted by atomic mass is 16.8. The number of aliphatic hydroxyl groups is 1. The minimum absolute atomic E-state index is 0.222. The van der Waals surface area contributed by atoms with Crippen molar-refractivity contribution in [3.05, 3.63) is 108 Å². The molecule has 4 nitrogen and oxygen atoms in total. The Hall–Kier alpha value is -2.94. The lowest BCUT2D eigenvalue weighted by Crippen LogP contribution is -2.51. The monoisotopic (exact) mass is 468 g/mol. The molecule has 1 aliphatic carbocycles. The zero-order valence-electron chi connectivity index (χ0n) is 19.9. The topological polar surface area (TPSA) is 47.9 Å². The van der Waals surface area contributed by atoms with Crippen molar-refractivity contribution in [1.82, 2.24) is 0 Å². The summed E-state index contributed by atoms with van der Waals surface area (Å²) in [5, 5.41) is 10.6. The molecule has 35 heavy (non-hydrogen) atoms. The van der Waals surface area contributed by atoms with Gasteiger partial charge in [-0.3, -0.25) is 0 Å². The van der Waals surface area contributed by atoms with Crippen LogP contribution in [-0.4, -0.2) is 35.8 Å². The largest absolute Gasteiger partial charge is 0.393 e. The molecule has 0 bridgehead atoms. The van der Waals surface area contributed by atoms with Crippen molar-refractivity contribution in [2.24, 2.45) is 0 Å². The second-order valence-corrected chi connectivity index (χ2v) is 9.52. The van der Waals surface area contributed by atoms with E-state index in [2.05, 4.69) is 42.2 Å². The minimum atomic E-state index is -1.03. The fourth-order valence-corrected chi connectivity index (χ4v) is 5.08. The Balaban J connectivity index is 1.34. The normalized spacial score (nSPS) is 26.7. The lowest BCUT2D eigenvalue weighted by atomic mass is 9.81. The Bertz CT molecular complexity index is 1130. The van der Waals surface area contributed by atoms with E-state index in [0.29, 0.717) is 12.5 Å². The molecule has 1 spiro atoms. The molecule has 3 aromatic carbocycles. The van der Waals surface area contributed by atoms with Crippen molar-refractivity contribution in [3.8, 4) is 11.8 Å². The van der Waals surface area contributed by atoms with Crippen molar-refractivity contribution < 1.29 is 19.3 Å². The summed E-state index contributed by atoms with van der Waals surface area (Å²) >= 11 is 0. The van der Waals surface area contributed by atoms with Crippen molar-refractivity contribution in [2.45, 2.75) is 55.7 Å². The smallest absolute Gasteiger partial charge is 0.169 e. The van der Waals surface area contributed by atoms with Gasteiger partial charge in [0, 0.05) is 18.4 Å². The van der Waals surface area contributed by atoms with E-state index in [1.165, 1.54) is 5.56 Å². The molecule has 2 aliphatic rings. The molecule has 1 aliphatic heterocycles. The second-order valence-electron chi connectivity index (χ2n) is 9.52. The Morgan fingerprint density at radius 2 is 1.51 bits per heavy atom. The van der Waals surface area contributed by atoms with E-state index in [-0.39, 0.29) is 13.2 Å². The highest BCUT2D eigenvalue weighted by molar-refractivity contribution is 5.35. The number of benzene rings is 3. The molecule has 2 fully saturated rings. The maximum atomic E-state index is 10.6. The maximum Gasteiger partial charge on any atom is 0.169 e. The Morgan fingerprint density at radius 3 is 2.17 bits per heavy atom. The third kappa shape index (κ3) is 5.50. The summed E-state index contributed by atoms with van der Waals surface area (Å²) in [5.41, 5.74) is 2.28. The quantitative estimate of drug-likeness (QED) is 0.489. The van der Waals surface area contributed by atoms with E-state index < -0.39 is 17.5 Å². The third-order valence-electron chi connectivity index (χ3n) is 7.11. The molecule has 0 amide bonds. The predicted octanol–water partition coefficient (Wildman–Crippen LogP) is 5.46. The first-order valence-electron chi connectivity index (χ1n) is 12.4. The van der Waals surface area contributed by atoms with E-state index in [0.717, 1.165) is 36.8 Å². The first kappa shape index (κ1) is 23.8. The Morgan fingerprint density at radius 1 is 0.886 bits per heavy atom. The molecule has 5 rings (SSSR count). The molecule has 180 valence electrons. The van der Waals surface area contributed by atoms with Crippen molar-refractivity contribution in [1.29, 1.82) is 0 Å². The fourth-order valence-electron chi connectivity index (χ4n) is 5.08. The van der Waals surface area contributed by atoms with Gasteiger partial charge < -0.3 is 19.3 Å². The van der Waals surface area contributed by atoms with Gasteiger partial charge in [0.2, 0.25) is 0 Å². The molecule has 3 aromatic rings. The number of hydrogen-bond acceptors (Lipinski definition) is 4. The molecule has 1 saturated heterocycles. The van der Waals surface area contributed by atoms with E-state index in [4.69, 9.17) is 14.2 Å². The predicted molar refractivity (Wildman–Crippen MR) is 136 cm³/mol. The van der Waals surface area contributed by atoms with Gasteiger partial charge in [0.15, 0.2) is 17.5 Å². The van der Waals surface area contributed by atoms with Gasteiger partial charge in [-0.15, -0.1) is 0 Å². The fraction of sp³-hybridized carbons (Fsp3) is 0.355. The van der Waals surface area contributed by atoms with Crippen LogP contribution in [0, 0.1) is 11.8 Å². The Kier molecular flexibility index (Phi) is 7.32. The van der Waals surface area contributed by atoms with Crippen LogP contribution in [0.2, 0.25) is 0 Å². The molecule has 0 aromatic heterocycles. The number of ether oxygens (including phenoxy) is 3. The van der Waals surface area contributed by atoms with Crippen LogP contribution in [0.1, 0.15) is 48.3 Å². The summed E-state index contributed by atoms with van der Waals surface area (Å²) in [4.78, 5) is 0. The average Bonchev–Trinajstić information content (AvgIpc) is 3.30. The SMILES string of the molecule is OCC1(C(C#Cc2ccccc2)OCc2ccccc2)COC2(CCC(c3ccccc3)CC2)O1. The van der Waals surface area contributed by atoms with E-state index in [1.807, 2.05) is 60.7 Å². The van der Waals surface area contributed by atoms with Crippen LogP contribution in [0.15, 0.2) is 91.0 Å². The van der Waals surface area contributed by atoms with Crippen LogP contribution in [0.4, 0.5) is 0 Å². The van der Waals surface area contributed by atoms with Crippen LogP contribution in [-0.2, 0) is 20.8 Å². The standard InChI is InChI=1S/C31H32O4/c32-23-30(24-34-31(35-30)20-18-28(19-21-31)27-14-8-3-9-15-27)29(17-16-25-10-4-1-5-11-25)33-22-26-12-6-2-7-13-26/h1-15,28-29,32H,18-24H2. The first-order chi connectivity index (χ1) is 17.2.